The van der Waals surface area contributed by atoms with Gasteiger partial charge in [0.2, 0.25) is 0 Å². The summed E-state index contributed by atoms with van der Waals surface area (Å²) in [6.07, 6.45) is 3.18. The Labute approximate surface area is 127 Å². The zero-order chi connectivity index (χ0) is 16.3. The van der Waals surface area contributed by atoms with Crippen molar-refractivity contribution in [2.24, 2.45) is 7.05 Å². The Kier molecular flexibility index (Phi) is 4.50. The first-order chi connectivity index (χ1) is 10.5. The third-order valence-electron chi connectivity index (χ3n) is 2.97. The van der Waals surface area contributed by atoms with Crippen molar-refractivity contribution in [2.45, 2.75) is 13.8 Å². The maximum atomic E-state index is 12.3. The molecule has 0 saturated carbocycles. The van der Waals surface area contributed by atoms with E-state index in [1.54, 1.807) is 37.8 Å². The van der Waals surface area contributed by atoms with Gasteiger partial charge in [-0.15, -0.1) is 0 Å². The smallest absolute Gasteiger partial charge is 0.357 e. The van der Waals surface area contributed by atoms with Crippen molar-refractivity contribution in [2.75, 3.05) is 19.1 Å². The number of nitrogen functional groups attached to an aromatic ring is 1. The zero-order valence-corrected chi connectivity index (χ0v) is 12.7. The lowest BCUT2D eigenvalue weighted by Crippen LogP contribution is -2.21. The van der Waals surface area contributed by atoms with Gasteiger partial charge in [0, 0.05) is 25.0 Å². The number of ether oxygens (including phenoxy) is 2. The molecule has 0 bridgehead atoms. The normalized spacial score (nSPS) is 10.5. The lowest BCUT2D eigenvalue weighted by molar-refractivity contribution is 0.0473. The minimum Gasteiger partial charge on any atom is -0.462 e. The highest BCUT2D eigenvalue weighted by Gasteiger charge is 2.29. The van der Waals surface area contributed by atoms with E-state index < -0.39 is 11.9 Å². The third kappa shape index (κ3) is 2.80. The van der Waals surface area contributed by atoms with Gasteiger partial charge in [0.15, 0.2) is 5.69 Å². The van der Waals surface area contributed by atoms with Gasteiger partial charge in [-0.05, 0) is 19.9 Å². The van der Waals surface area contributed by atoms with Crippen LogP contribution in [0.3, 0.4) is 0 Å². The highest BCUT2D eigenvalue weighted by atomic mass is 16.5. The van der Waals surface area contributed by atoms with Crippen LogP contribution in [0.5, 0.6) is 0 Å². The minimum absolute atomic E-state index is 0.0547. The molecule has 0 saturated heterocycles. The van der Waals surface area contributed by atoms with Crippen LogP contribution in [0.15, 0.2) is 18.5 Å². The molecule has 0 atom stereocenters. The summed E-state index contributed by atoms with van der Waals surface area (Å²) < 4.78 is 12.6. The Hall–Kier alpha value is -2.77. The van der Waals surface area contributed by atoms with Crippen LogP contribution in [0, 0.1) is 0 Å². The molecule has 118 valence electrons. The second-order valence-corrected chi connectivity index (χ2v) is 4.49. The van der Waals surface area contributed by atoms with Gasteiger partial charge in [0.25, 0.3) is 0 Å². The first kappa shape index (κ1) is 15.6. The Balaban J connectivity index is 2.61. The van der Waals surface area contributed by atoms with Crippen molar-refractivity contribution < 1.29 is 19.1 Å². The molecule has 2 aromatic rings. The predicted octanol–water partition coefficient (Wildman–Crippen LogP) is 0.956. The number of hydrogen-bond acceptors (Lipinski definition) is 6. The first-order valence-electron chi connectivity index (χ1n) is 6.84. The second kappa shape index (κ2) is 6.33. The van der Waals surface area contributed by atoms with Crippen molar-refractivity contribution in [3.8, 4) is 11.3 Å². The van der Waals surface area contributed by atoms with E-state index in [-0.39, 0.29) is 24.5 Å². The molecule has 0 amide bonds. The summed E-state index contributed by atoms with van der Waals surface area (Å²) >= 11 is 0. The molecule has 22 heavy (non-hydrogen) atoms. The lowest BCUT2D eigenvalue weighted by Gasteiger charge is -2.07. The van der Waals surface area contributed by atoms with Crippen LogP contribution < -0.4 is 5.84 Å². The van der Waals surface area contributed by atoms with Crippen LogP contribution in [0.1, 0.15) is 34.7 Å². The maximum Gasteiger partial charge on any atom is 0.357 e. The van der Waals surface area contributed by atoms with Crippen molar-refractivity contribution >= 4 is 11.9 Å². The van der Waals surface area contributed by atoms with E-state index in [1.807, 2.05) is 0 Å². The number of rotatable bonds is 5. The Morgan fingerprint density at radius 3 is 2.41 bits per heavy atom. The fourth-order valence-corrected chi connectivity index (χ4v) is 2.09. The van der Waals surface area contributed by atoms with E-state index in [1.165, 1.54) is 6.20 Å². The molecule has 2 aromatic heterocycles. The molecule has 0 fully saturated rings. The maximum absolute atomic E-state index is 12.3. The van der Waals surface area contributed by atoms with Crippen LogP contribution in [0.25, 0.3) is 11.3 Å². The molecule has 2 N–H and O–H groups in total. The molecule has 0 aliphatic rings. The number of aromatic nitrogens is 3. The molecule has 0 spiro atoms. The molecule has 2 rings (SSSR count). The molecule has 0 aliphatic carbocycles. The standard InChI is InChI=1S/C14H18N4O4/c1-4-21-13(19)11-9(10-6-7-17(3)16-10)8-18(15)12(11)14(20)22-5-2/h6-8H,4-5,15H2,1-3H3. The summed E-state index contributed by atoms with van der Waals surface area (Å²) in [6, 6.07) is 1.72. The van der Waals surface area contributed by atoms with Crippen LogP contribution in [0.2, 0.25) is 0 Å². The van der Waals surface area contributed by atoms with Gasteiger partial charge < -0.3 is 15.3 Å². The van der Waals surface area contributed by atoms with Crippen LogP contribution in [0.4, 0.5) is 0 Å². The van der Waals surface area contributed by atoms with Crippen LogP contribution >= 0.6 is 0 Å². The summed E-state index contributed by atoms with van der Waals surface area (Å²) in [5.41, 5.74) is 0.937. The van der Waals surface area contributed by atoms with Gasteiger partial charge in [0.05, 0.1) is 18.9 Å². The summed E-state index contributed by atoms with van der Waals surface area (Å²) in [7, 11) is 1.75. The highest BCUT2D eigenvalue weighted by Crippen LogP contribution is 2.27. The first-order valence-corrected chi connectivity index (χ1v) is 6.84. The van der Waals surface area contributed by atoms with Crippen LogP contribution in [-0.4, -0.2) is 39.6 Å². The molecule has 8 nitrogen and oxygen atoms in total. The lowest BCUT2D eigenvalue weighted by atomic mass is 10.1. The monoisotopic (exact) mass is 306 g/mol. The van der Waals surface area contributed by atoms with E-state index in [0.717, 1.165) is 4.68 Å². The van der Waals surface area contributed by atoms with Gasteiger partial charge in [-0.25, -0.2) is 9.59 Å². The molecule has 0 radical (unpaired) electrons. The zero-order valence-electron chi connectivity index (χ0n) is 12.7. The molecule has 0 unspecified atom stereocenters. The van der Waals surface area contributed by atoms with Crippen molar-refractivity contribution in [1.29, 1.82) is 0 Å². The van der Waals surface area contributed by atoms with Crippen LogP contribution in [-0.2, 0) is 16.5 Å². The highest BCUT2D eigenvalue weighted by molar-refractivity contribution is 6.07. The summed E-state index contributed by atoms with van der Waals surface area (Å²) in [5, 5.41) is 4.23. The topological polar surface area (TPSA) is 101 Å². The van der Waals surface area contributed by atoms with Crippen molar-refractivity contribution in [1.82, 2.24) is 14.5 Å². The van der Waals surface area contributed by atoms with Gasteiger partial charge in [0.1, 0.15) is 5.56 Å². The van der Waals surface area contributed by atoms with Gasteiger partial charge in [-0.1, -0.05) is 0 Å². The van der Waals surface area contributed by atoms with Gasteiger partial charge >= 0.3 is 11.9 Å². The third-order valence-corrected chi connectivity index (χ3v) is 2.97. The number of nitrogens with zero attached hydrogens (tertiary/aromatic N) is 3. The van der Waals surface area contributed by atoms with Gasteiger partial charge in [-0.3, -0.25) is 9.36 Å². The van der Waals surface area contributed by atoms with E-state index in [0.29, 0.717) is 11.3 Å². The molecule has 8 heteroatoms. The van der Waals surface area contributed by atoms with Gasteiger partial charge in [-0.2, -0.15) is 5.10 Å². The summed E-state index contributed by atoms with van der Waals surface area (Å²) in [5.74, 6) is 4.50. The Morgan fingerprint density at radius 1 is 1.23 bits per heavy atom. The number of carbonyl (C=O) groups is 2. The molecular formula is C14H18N4O4. The molecule has 0 aromatic carbocycles. The Bertz CT molecular complexity index is 702. The molecule has 0 aliphatic heterocycles. The van der Waals surface area contributed by atoms with E-state index in [2.05, 4.69) is 5.10 Å². The number of nitrogens with two attached hydrogens (primary N) is 1. The number of aryl methyl sites for hydroxylation is 1. The summed E-state index contributed by atoms with van der Waals surface area (Å²) in [6.45, 7) is 3.71. The van der Waals surface area contributed by atoms with E-state index in [9.17, 15) is 9.59 Å². The second-order valence-electron chi connectivity index (χ2n) is 4.49. The molecule has 2 heterocycles. The number of hydrogen-bond donors (Lipinski definition) is 1. The van der Waals surface area contributed by atoms with E-state index in [4.69, 9.17) is 15.3 Å². The van der Waals surface area contributed by atoms with Crippen molar-refractivity contribution in [3.05, 3.63) is 29.7 Å². The largest absolute Gasteiger partial charge is 0.462 e. The minimum atomic E-state index is -0.685. The molecular weight excluding hydrogens is 288 g/mol. The van der Waals surface area contributed by atoms with Crippen molar-refractivity contribution in [3.63, 3.8) is 0 Å². The average molecular weight is 306 g/mol. The fourth-order valence-electron chi connectivity index (χ4n) is 2.09. The SMILES string of the molecule is CCOC(=O)c1c(-c2ccn(C)n2)cn(N)c1C(=O)OCC. The average Bonchev–Trinajstić information content (AvgIpc) is 3.02. The predicted molar refractivity (Wildman–Crippen MR) is 78.7 cm³/mol. The quantitative estimate of drug-likeness (QED) is 0.652. The number of esters is 2. The van der Waals surface area contributed by atoms with E-state index >= 15 is 0 Å². The summed E-state index contributed by atoms with van der Waals surface area (Å²) in [4.78, 5) is 24.3. The fraction of sp³-hybridized carbons (Fsp3) is 0.357. The Morgan fingerprint density at radius 2 is 1.86 bits per heavy atom. The number of carbonyl (C=O) groups excluding carboxylic acids is 2.